The lowest BCUT2D eigenvalue weighted by Gasteiger charge is -2.04. The number of carbonyl (C=O) groups is 1. The smallest absolute Gasteiger partial charge is 0.249 e. The van der Waals surface area contributed by atoms with Gasteiger partial charge in [0.1, 0.15) is 5.82 Å². The zero-order valence-corrected chi connectivity index (χ0v) is 12.8. The van der Waals surface area contributed by atoms with Crippen molar-refractivity contribution in [1.29, 1.82) is 0 Å². The van der Waals surface area contributed by atoms with E-state index in [1.54, 1.807) is 18.2 Å². The number of nitrogens with zero attached hydrogens (tertiary/aromatic N) is 1. The molecule has 1 amide bonds. The Morgan fingerprint density at radius 1 is 1.19 bits per heavy atom. The van der Waals surface area contributed by atoms with E-state index in [-0.39, 0.29) is 5.91 Å². The summed E-state index contributed by atoms with van der Waals surface area (Å²) in [6, 6.07) is 11.5. The van der Waals surface area contributed by atoms with Crippen molar-refractivity contribution in [2.75, 3.05) is 5.32 Å². The van der Waals surface area contributed by atoms with Crippen molar-refractivity contribution < 1.29 is 4.79 Å². The zero-order chi connectivity index (χ0) is 15.2. The summed E-state index contributed by atoms with van der Waals surface area (Å²) >= 11 is 5.74. The molecular formula is C17H17ClN2O. The molecule has 0 radical (unpaired) electrons. The van der Waals surface area contributed by atoms with Crippen LogP contribution in [0.25, 0.3) is 6.08 Å². The number of benzene rings is 1. The van der Waals surface area contributed by atoms with E-state index in [2.05, 4.69) is 36.3 Å². The molecule has 0 spiro atoms. The molecule has 1 aromatic carbocycles. The molecule has 0 aliphatic heterocycles. The van der Waals surface area contributed by atoms with Gasteiger partial charge in [-0.15, -0.1) is 0 Å². The molecule has 2 aromatic rings. The number of rotatable bonds is 4. The fourth-order valence-corrected chi connectivity index (χ4v) is 1.89. The Labute approximate surface area is 129 Å². The Balaban J connectivity index is 1.96. The second kappa shape index (κ2) is 7.04. The molecular weight excluding hydrogens is 284 g/mol. The lowest BCUT2D eigenvalue weighted by molar-refractivity contribution is -0.111. The lowest BCUT2D eigenvalue weighted by Crippen LogP contribution is -2.08. The van der Waals surface area contributed by atoms with Crippen LogP contribution in [-0.2, 0) is 4.79 Å². The Kier molecular flexibility index (Phi) is 5.12. The monoisotopic (exact) mass is 300 g/mol. The van der Waals surface area contributed by atoms with Gasteiger partial charge >= 0.3 is 0 Å². The van der Waals surface area contributed by atoms with Crippen molar-refractivity contribution in [3.05, 3.63) is 64.8 Å². The van der Waals surface area contributed by atoms with E-state index < -0.39 is 0 Å². The number of amides is 1. The molecule has 0 saturated carbocycles. The van der Waals surface area contributed by atoms with Crippen LogP contribution in [0.5, 0.6) is 0 Å². The quantitative estimate of drug-likeness (QED) is 0.844. The number of pyridine rings is 1. The molecule has 21 heavy (non-hydrogen) atoms. The van der Waals surface area contributed by atoms with Gasteiger partial charge < -0.3 is 5.32 Å². The number of carbonyl (C=O) groups excluding carboxylic acids is 1. The van der Waals surface area contributed by atoms with Gasteiger partial charge in [0.05, 0.1) is 5.02 Å². The number of hydrogen-bond donors (Lipinski definition) is 1. The summed E-state index contributed by atoms with van der Waals surface area (Å²) < 4.78 is 0. The topological polar surface area (TPSA) is 42.0 Å². The zero-order valence-electron chi connectivity index (χ0n) is 12.0. The van der Waals surface area contributed by atoms with E-state index in [9.17, 15) is 4.79 Å². The number of nitrogens with one attached hydrogen (secondary N) is 1. The van der Waals surface area contributed by atoms with Gasteiger partial charge in [-0.2, -0.15) is 0 Å². The van der Waals surface area contributed by atoms with Gasteiger partial charge in [0.15, 0.2) is 0 Å². The summed E-state index contributed by atoms with van der Waals surface area (Å²) in [5, 5.41) is 3.21. The minimum Gasteiger partial charge on any atom is -0.307 e. The van der Waals surface area contributed by atoms with Crippen LogP contribution >= 0.6 is 11.6 Å². The summed E-state index contributed by atoms with van der Waals surface area (Å²) in [6.07, 6.45) is 4.75. The molecule has 1 aromatic heterocycles. The van der Waals surface area contributed by atoms with E-state index >= 15 is 0 Å². The van der Waals surface area contributed by atoms with Gasteiger partial charge in [-0.05, 0) is 35.3 Å². The van der Waals surface area contributed by atoms with Gasteiger partial charge in [-0.1, -0.05) is 49.7 Å². The normalized spacial score (nSPS) is 11.0. The SMILES string of the molecule is CC(C)c1ccc(/C=C/C(=O)Nc2ccc(Cl)cn2)cc1. The van der Waals surface area contributed by atoms with Gasteiger partial charge in [0.2, 0.25) is 5.91 Å². The first-order valence-electron chi connectivity index (χ1n) is 6.75. The average Bonchev–Trinajstić information content (AvgIpc) is 2.48. The van der Waals surface area contributed by atoms with Crippen LogP contribution in [0.1, 0.15) is 30.9 Å². The molecule has 1 N–H and O–H groups in total. The largest absolute Gasteiger partial charge is 0.307 e. The molecule has 3 nitrogen and oxygen atoms in total. The summed E-state index contributed by atoms with van der Waals surface area (Å²) in [4.78, 5) is 15.8. The molecule has 0 aliphatic carbocycles. The summed E-state index contributed by atoms with van der Waals surface area (Å²) in [7, 11) is 0. The maximum atomic E-state index is 11.8. The third kappa shape index (κ3) is 4.72. The molecule has 2 rings (SSSR count). The minimum atomic E-state index is -0.224. The van der Waals surface area contributed by atoms with Crippen molar-refractivity contribution >= 4 is 29.4 Å². The Morgan fingerprint density at radius 2 is 1.90 bits per heavy atom. The summed E-state index contributed by atoms with van der Waals surface area (Å²) in [5.41, 5.74) is 2.26. The highest BCUT2D eigenvalue weighted by Crippen LogP contribution is 2.15. The molecule has 1 heterocycles. The Hall–Kier alpha value is -2.13. The van der Waals surface area contributed by atoms with Gasteiger partial charge in [-0.3, -0.25) is 4.79 Å². The standard InChI is InChI=1S/C17H17ClN2O/c1-12(2)14-6-3-13(4-7-14)5-10-17(21)20-16-9-8-15(18)11-19-16/h3-12H,1-2H3,(H,19,20,21)/b10-5+. The number of halogens is 1. The van der Waals surface area contributed by atoms with Crippen molar-refractivity contribution in [2.45, 2.75) is 19.8 Å². The first kappa shape index (κ1) is 15.3. The second-order valence-electron chi connectivity index (χ2n) is 5.01. The second-order valence-corrected chi connectivity index (χ2v) is 5.44. The maximum Gasteiger partial charge on any atom is 0.249 e. The molecule has 0 atom stereocenters. The van der Waals surface area contributed by atoms with Crippen molar-refractivity contribution in [3.63, 3.8) is 0 Å². The fourth-order valence-electron chi connectivity index (χ4n) is 1.78. The van der Waals surface area contributed by atoms with Gasteiger partial charge in [0.25, 0.3) is 0 Å². The highest BCUT2D eigenvalue weighted by molar-refractivity contribution is 6.30. The Morgan fingerprint density at radius 3 is 2.48 bits per heavy atom. The van der Waals surface area contributed by atoms with Crippen molar-refractivity contribution in [1.82, 2.24) is 4.98 Å². The molecule has 0 saturated heterocycles. The minimum absolute atomic E-state index is 0.224. The van der Waals surface area contributed by atoms with Crippen LogP contribution < -0.4 is 5.32 Å². The van der Waals surface area contributed by atoms with Gasteiger partial charge in [-0.25, -0.2) is 4.98 Å². The highest BCUT2D eigenvalue weighted by atomic mass is 35.5. The first-order chi connectivity index (χ1) is 10.0. The molecule has 0 fully saturated rings. The van der Waals surface area contributed by atoms with E-state index in [0.29, 0.717) is 16.8 Å². The van der Waals surface area contributed by atoms with Gasteiger partial charge in [0, 0.05) is 12.3 Å². The number of aromatic nitrogens is 1. The van der Waals surface area contributed by atoms with Crippen LogP contribution in [0.15, 0.2) is 48.7 Å². The predicted octanol–water partition coefficient (Wildman–Crippen LogP) is 4.51. The highest BCUT2D eigenvalue weighted by Gasteiger charge is 2.00. The molecule has 0 unspecified atom stereocenters. The van der Waals surface area contributed by atoms with E-state index in [1.165, 1.54) is 17.8 Å². The van der Waals surface area contributed by atoms with Crippen molar-refractivity contribution in [2.24, 2.45) is 0 Å². The molecule has 0 bridgehead atoms. The summed E-state index contributed by atoms with van der Waals surface area (Å²) in [5.74, 6) is 0.754. The molecule has 108 valence electrons. The first-order valence-corrected chi connectivity index (χ1v) is 7.13. The summed E-state index contributed by atoms with van der Waals surface area (Å²) in [6.45, 7) is 4.30. The van der Waals surface area contributed by atoms with Crippen LogP contribution in [0.3, 0.4) is 0 Å². The number of hydrogen-bond acceptors (Lipinski definition) is 2. The maximum absolute atomic E-state index is 11.8. The molecule has 4 heteroatoms. The van der Waals surface area contributed by atoms with Crippen molar-refractivity contribution in [3.8, 4) is 0 Å². The van der Waals surface area contributed by atoms with Crippen LogP contribution in [0.4, 0.5) is 5.82 Å². The third-order valence-electron chi connectivity index (χ3n) is 3.01. The lowest BCUT2D eigenvalue weighted by atomic mass is 10.0. The van der Waals surface area contributed by atoms with Crippen LogP contribution in [0.2, 0.25) is 5.02 Å². The predicted molar refractivity (Wildman–Crippen MR) is 87.4 cm³/mol. The number of anilines is 1. The van der Waals surface area contributed by atoms with E-state index in [4.69, 9.17) is 11.6 Å². The van der Waals surface area contributed by atoms with Crippen LogP contribution in [0, 0.1) is 0 Å². The molecule has 0 aliphatic rings. The van der Waals surface area contributed by atoms with Crippen LogP contribution in [-0.4, -0.2) is 10.9 Å². The average molecular weight is 301 g/mol. The fraction of sp³-hybridized carbons (Fsp3) is 0.176. The Bertz CT molecular complexity index is 631. The van der Waals surface area contributed by atoms with E-state index in [0.717, 1.165) is 5.56 Å². The third-order valence-corrected chi connectivity index (χ3v) is 3.23. The van der Waals surface area contributed by atoms with E-state index in [1.807, 2.05) is 12.1 Å².